The first kappa shape index (κ1) is 13.6. The number of rotatable bonds is 3. The average molecular weight is 270 g/mol. The Morgan fingerprint density at radius 3 is 1.79 bits per heavy atom. The lowest BCUT2D eigenvalue weighted by atomic mass is 11.5. The molecular weight excluding hydrogens is 266 g/mol. The van der Waals surface area contributed by atoms with Crippen molar-refractivity contribution in [2.75, 3.05) is 0 Å². The van der Waals surface area contributed by atoms with Gasteiger partial charge in [-0.3, -0.25) is 9.12 Å². The summed E-state index contributed by atoms with van der Waals surface area (Å²) in [4.78, 5) is 26.6. The molecule has 0 amide bonds. The van der Waals surface area contributed by atoms with Crippen molar-refractivity contribution in [3.8, 4) is 0 Å². The molecule has 0 aromatic heterocycles. The highest BCUT2D eigenvalue weighted by Crippen LogP contribution is 2.80. The molecule has 13 heteroatoms. The lowest BCUT2D eigenvalue weighted by Gasteiger charge is -2.12. The van der Waals surface area contributed by atoms with Gasteiger partial charge < -0.3 is 19.4 Å². The molecule has 0 heterocycles. The van der Waals surface area contributed by atoms with Gasteiger partial charge in [0, 0.05) is 0 Å². The van der Waals surface area contributed by atoms with Crippen LogP contribution in [0.2, 0.25) is 0 Å². The van der Waals surface area contributed by atoms with E-state index in [1.54, 1.807) is 0 Å². The van der Waals surface area contributed by atoms with E-state index in [-0.39, 0.29) is 0 Å². The minimum absolute atomic E-state index is 2.44. The lowest BCUT2D eigenvalue weighted by Crippen LogP contribution is -2.04. The maximum absolute atomic E-state index is 10.6. The molecular formula is CH4O10P2S. The summed E-state index contributed by atoms with van der Waals surface area (Å²) < 4.78 is 52.5. The van der Waals surface area contributed by atoms with Crippen molar-refractivity contribution in [2.45, 2.75) is 0 Å². The Morgan fingerprint density at radius 1 is 1.21 bits per heavy atom. The van der Waals surface area contributed by atoms with Gasteiger partial charge in [0.05, 0.1) is 0 Å². The fourth-order valence-electron chi connectivity index (χ4n) is 0.284. The second kappa shape index (κ2) is 3.61. The Labute approximate surface area is 76.5 Å². The quantitative estimate of drug-likeness (QED) is 0.398. The molecule has 0 aliphatic carbocycles. The van der Waals surface area contributed by atoms with E-state index in [4.69, 9.17) is 19.4 Å². The highest BCUT2D eigenvalue weighted by Gasteiger charge is 2.56. The van der Waals surface area contributed by atoms with Gasteiger partial charge >= 0.3 is 29.4 Å². The minimum atomic E-state index is -6.10. The largest absolute Gasteiger partial charge is 0.512 e. The zero-order valence-corrected chi connectivity index (χ0v) is 8.65. The molecule has 4 N–H and O–H groups in total. The third-order valence-corrected chi connectivity index (χ3v) is 10.1. The second-order valence-corrected chi connectivity index (χ2v) is 11.7. The zero-order chi connectivity index (χ0) is 11.8. The van der Waals surface area contributed by atoms with Crippen molar-refractivity contribution >= 4 is 29.4 Å². The van der Waals surface area contributed by atoms with Crippen molar-refractivity contribution in [1.82, 2.24) is 0 Å². The van der Waals surface area contributed by atoms with E-state index < -0.39 is 29.4 Å². The minimum Gasteiger partial charge on any atom is -0.449 e. The van der Waals surface area contributed by atoms with E-state index >= 15 is 0 Å². The predicted octanol–water partition coefficient (Wildman–Crippen LogP) is -0.145. The van der Waals surface area contributed by atoms with Crippen LogP contribution in [0.1, 0.15) is 0 Å². The summed E-state index contributed by atoms with van der Waals surface area (Å²) >= 11 is 0. The number of hydrogen-bond acceptors (Lipinski definition) is 6. The summed E-state index contributed by atoms with van der Waals surface area (Å²) in [7, 11) is -11.7. The molecule has 2 atom stereocenters. The molecule has 0 saturated heterocycles. The number of hydrogen-bond donors (Lipinski definition) is 4. The average Bonchev–Trinajstić information content (AvgIpc) is 1.80. The van der Waals surface area contributed by atoms with Crippen molar-refractivity contribution < 1.29 is 46.3 Å². The molecule has 0 aromatic carbocycles. The number of carbonyl (C=O) groups is 1. The fraction of sp³-hybridized carbons (Fsp3) is 0. The van der Waals surface area contributed by atoms with Crippen LogP contribution in [-0.4, -0.2) is 34.0 Å². The van der Waals surface area contributed by atoms with Gasteiger partial charge in [0.25, 0.3) is 0 Å². The molecule has 0 radical (unpaired) electrons. The van der Waals surface area contributed by atoms with Crippen LogP contribution < -0.4 is 0 Å². The van der Waals surface area contributed by atoms with Crippen LogP contribution in [0.15, 0.2) is 0 Å². The first-order valence-corrected chi connectivity index (χ1v) is 8.47. The van der Waals surface area contributed by atoms with Crippen LogP contribution in [0.5, 0.6) is 0 Å². The summed E-state index contributed by atoms with van der Waals surface area (Å²) in [6.45, 7) is 0. The molecule has 0 rings (SSSR count). The van der Waals surface area contributed by atoms with Crippen LogP contribution >= 0.6 is 13.5 Å². The molecule has 0 aromatic rings. The normalized spacial score (nSPS) is 20.5. The first-order valence-electron chi connectivity index (χ1n) is 2.48. The maximum Gasteiger partial charge on any atom is 0.512 e. The van der Waals surface area contributed by atoms with Gasteiger partial charge in [0.15, 0.2) is 0 Å². The van der Waals surface area contributed by atoms with Gasteiger partial charge in [-0.25, -0.2) is 9.36 Å². The molecule has 0 bridgehead atoms. The molecule has 0 fully saturated rings. The molecule has 84 valence electrons. The second-order valence-electron chi connectivity index (χ2n) is 1.79. The Balaban J connectivity index is 5.43. The molecule has 0 aliphatic heterocycles. The van der Waals surface area contributed by atoms with Gasteiger partial charge in [-0.05, 0) is 0 Å². The smallest absolute Gasteiger partial charge is 0.449 e. The van der Waals surface area contributed by atoms with E-state index in [1.807, 2.05) is 0 Å². The summed E-state index contributed by atoms with van der Waals surface area (Å²) in [6, 6.07) is 0. The molecule has 2 unspecified atom stereocenters. The van der Waals surface area contributed by atoms with Gasteiger partial charge in [-0.1, -0.05) is 0 Å². The third kappa shape index (κ3) is 2.53. The van der Waals surface area contributed by atoms with E-state index in [0.29, 0.717) is 0 Å². The zero-order valence-electron chi connectivity index (χ0n) is 6.04. The standard InChI is InChI=1S/CH4O10P2S/c2-1(3)11-12(4,5)13(6,7)14(8,9)10/h(H,2,3)(H,4,5)(H,6,7)(H,8,9,10). The molecule has 10 nitrogen and oxygen atoms in total. The van der Waals surface area contributed by atoms with Crippen molar-refractivity contribution in [1.29, 1.82) is 0 Å². The summed E-state index contributed by atoms with van der Waals surface area (Å²) in [5.74, 6) is 0. The molecule has 0 spiro atoms. The predicted molar refractivity (Wildman–Crippen MR) is 40.3 cm³/mol. The first-order chi connectivity index (χ1) is 5.92. The lowest BCUT2D eigenvalue weighted by molar-refractivity contribution is 0.140. The fourth-order valence-corrected chi connectivity index (χ4v) is 4.80. The Bertz CT molecular complexity index is 429. The third-order valence-electron chi connectivity index (χ3n) is 0.817. The molecule has 0 saturated carbocycles. The van der Waals surface area contributed by atoms with Crippen LogP contribution in [0.3, 0.4) is 0 Å². The summed E-state index contributed by atoms with van der Waals surface area (Å²) in [6.07, 6.45) is -8.53. The van der Waals surface area contributed by atoms with Crippen molar-refractivity contribution in [2.24, 2.45) is 0 Å². The summed E-state index contributed by atoms with van der Waals surface area (Å²) in [5.41, 5.74) is 0. The van der Waals surface area contributed by atoms with Crippen LogP contribution in [0.25, 0.3) is 0 Å². The maximum atomic E-state index is 10.6. The molecule has 0 aliphatic rings. The Hall–Kier alpha value is -0.440. The highest BCUT2D eigenvalue weighted by molar-refractivity contribution is 8.71. The van der Waals surface area contributed by atoms with E-state index in [9.17, 15) is 22.3 Å². The Morgan fingerprint density at radius 2 is 1.57 bits per heavy atom. The van der Waals surface area contributed by atoms with Crippen molar-refractivity contribution in [3.63, 3.8) is 0 Å². The van der Waals surface area contributed by atoms with E-state index in [2.05, 4.69) is 4.52 Å². The Kier molecular flexibility index (Phi) is 3.50. The van der Waals surface area contributed by atoms with Gasteiger partial charge in [0.1, 0.15) is 0 Å². The highest BCUT2D eigenvalue weighted by atomic mass is 32.9. The van der Waals surface area contributed by atoms with Crippen molar-refractivity contribution in [3.05, 3.63) is 0 Å². The molecule has 14 heavy (non-hydrogen) atoms. The SMILES string of the molecule is O=C(O)OP(=O)(O)P(=O)(O)S(=O)(=O)O. The van der Waals surface area contributed by atoms with Gasteiger partial charge in [0.2, 0.25) is 0 Å². The van der Waals surface area contributed by atoms with Crippen LogP contribution in [0.4, 0.5) is 4.79 Å². The number of carboxylic acid groups (broad SMARTS) is 1. The van der Waals surface area contributed by atoms with E-state index in [0.717, 1.165) is 0 Å². The van der Waals surface area contributed by atoms with Crippen LogP contribution in [-0.2, 0) is 23.4 Å². The van der Waals surface area contributed by atoms with Gasteiger partial charge in [-0.15, -0.1) is 0 Å². The topological polar surface area (TPSA) is 176 Å². The van der Waals surface area contributed by atoms with Crippen LogP contribution in [0, 0.1) is 0 Å². The van der Waals surface area contributed by atoms with Gasteiger partial charge in [-0.2, -0.15) is 8.42 Å². The van der Waals surface area contributed by atoms with E-state index in [1.165, 1.54) is 0 Å². The monoisotopic (exact) mass is 270 g/mol. The summed E-state index contributed by atoms with van der Waals surface area (Å²) in [5, 5.41) is 7.82.